The van der Waals surface area contributed by atoms with Crippen molar-refractivity contribution in [1.82, 2.24) is 5.32 Å². The average Bonchev–Trinajstić information content (AvgIpc) is 2.37. The van der Waals surface area contributed by atoms with Gasteiger partial charge in [-0.15, -0.1) is 0 Å². The highest BCUT2D eigenvalue weighted by Gasteiger charge is 2.18. The van der Waals surface area contributed by atoms with Gasteiger partial charge in [0, 0.05) is 17.8 Å². The van der Waals surface area contributed by atoms with Crippen LogP contribution >= 0.6 is 0 Å². The number of nitro benzene ring substituents is 1. The molecule has 110 valence electrons. The largest absolute Gasteiger partial charge is 0.355 e. The molecule has 0 radical (unpaired) electrons. The van der Waals surface area contributed by atoms with Gasteiger partial charge in [-0.2, -0.15) is 5.26 Å². The summed E-state index contributed by atoms with van der Waals surface area (Å²) in [7, 11) is 0. The Morgan fingerprint density at radius 2 is 2.00 bits per heavy atom. The third-order valence-corrected chi connectivity index (χ3v) is 2.33. The van der Waals surface area contributed by atoms with Crippen LogP contribution in [-0.4, -0.2) is 16.4 Å². The molecule has 0 fully saturated rings. The highest BCUT2D eigenvalue weighted by Crippen LogP contribution is 2.23. The summed E-state index contributed by atoms with van der Waals surface area (Å²) in [6.45, 7) is 5.36. The minimum atomic E-state index is -0.545. The van der Waals surface area contributed by atoms with E-state index in [1.807, 2.05) is 0 Å². The molecule has 1 aromatic carbocycles. The molecule has 7 nitrogen and oxygen atoms in total. The summed E-state index contributed by atoms with van der Waals surface area (Å²) in [5, 5.41) is 25.1. The van der Waals surface area contributed by atoms with Gasteiger partial charge in [-0.1, -0.05) is 12.1 Å². The topological polar surface area (TPSA) is 108 Å². The van der Waals surface area contributed by atoms with Gasteiger partial charge in [0.2, 0.25) is 0 Å². The van der Waals surface area contributed by atoms with Crippen molar-refractivity contribution < 1.29 is 9.72 Å². The van der Waals surface area contributed by atoms with Crippen molar-refractivity contribution in [2.45, 2.75) is 26.3 Å². The number of hydrogen-bond donors (Lipinski definition) is 2. The zero-order valence-corrected chi connectivity index (χ0v) is 12.0. The Balaban J connectivity index is 2.95. The maximum Gasteiger partial charge on any atom is 0.292 e. The second-order valence-electron chi connectivity index (χ2n) is 5.29. The molecule has 0 aliphatic carbocycles. The number of nitriles is 1. The minimum absolute atomic E-state index is 0.137. The van der Waals surface area contributed by atoms with Gasteiger partial charge >= 0.3 is 0 Å². The van der Waals surface area contributed by atoms with Crippen molar-refractivity contribution in [3.8, 4) is 6.07 Å². The predicted molar refractivity (Wildman–Crippen MR) is 78.3 cm³/mol. The first-order valence-electron chi connectivity index (χ1n) is 6.17. The fraction of sp³-hybridized carbons (Fsp3) is 0.286. The molecular weight excluding hydrogens is 272 g/mol. The second kappa shape index (κ2) is 6.52. The van der Waals surface area contributed by atoms with E-state index >= 15 is 0 Å². The van der Waals surface area contributed by atoms with Crippen LogP contribution in [0.25, 0.3) is 0 Å². The Kier molecular flexibility index (Phi) is 5.02. The zero-order valence-electron chi connectivity index (χ0n) is 12.0. The lowest BCUT2D eigenvalue weighted by atomic mass is 10.1. The van der Waals surface area contributed by atoms with Crippen LogP contribution in [0, 0.1) is 21.4 Å². The number of anilines is 1. The molecule has 0 aromatic heterocycles. The molecular formula is C14H16N4O3. The van der Waals surface area contributed by atoms with Crippen LogP contribution < -0.4 is 10.6 Å². The quantitative estimate of drug-likeness (QED) is 0.382. The predicted octanol–water partition coefficient (Wildman–Crippen LogP) is 2.33. The molecule has 0 atom stereocenters. The van der Waals surface area contributed by atoms with Gasteiger partial charge in [0.25, 0.3) is 11.6 Å². The third-order valence-electron chi connectivity index (χ3n) is 2.33. The lowest BCUT2D eigenvalue weighted by Crippen LogP contribution is -2.41. The normalized spacial score (nSPS) is 11.4. The number of para-hydroxylation sites is 2. The van der Waals surface area contributed by atoms with Crippen LogP contribution in [0.5, 0.6) is 0 Å². The van der Waals surface area contributed by atoms with Crippen molar-refractivity contribution in [3.63, 3.8) is 0 Å². The molecule has 1 rings (SSSR count). The van der Waals surface area contributed by atoms with Crippen molar-refractivity contribution >= 4 is 17.3 Å². The molecule has 0 spiro atoms. The highest BCUT2D eigenvalue weighted by atomic mass is 16.6. The van der Waals surface area contributed by atoms with Crippen LogP contribution in [0.2, 0.25) is 0 Å². The SMILES string of the molecule is CC(C)(C)NC(=O)/C(C#N)=C\Nc1ccccc1[N+](=O)[O-]. The number of rotatable bonds is 4. The van der Waals surface area contributed by atoms with E-state index in [0.29, 0.717) is 0 Å². The smallest absolute Gasteiger partial charge is 0.292 e. The first-order chi connectivity index (χ1) is 9.74. The molecule has 7 heteroatoms. The Hall–Kier alpha value is -2.88. The molecule has 0 saturated carbocycles. The van der Waals surface area contributed by atoms with E-state index in [1.165, 1.54) is 18.2 Å². The van der Waals surface area contributed by atoms with Crippen molar-refractivity contribution in [2.75, 3.05) is 5.32 Å². The van der Waals surface area contributed by atoms with E-state index in [2.05, 4.69) is 10.6 Å². The van der Waals surface area contributed by atoms with Gasteiger partial charge in [-0.25, -0.2) is 0 Å². The molecule has 0 saturated heterocycles. The summed E-state index contributed by atoms with van der Waals surface area (Å²) in [4.78, 5) is 22.2. The van der Waals surface area contributed by atoms with E-state index in [4.69, 9.17) is 5.26 Å². The van der Waals surface area contributed by atoms with Crippen LogP contribution in [-0.2, 0) is 4.79 Å². The van der Waals surface area contributed by atoms with Gasteiger partial charge < -0.3 is 10.6 Å². The van der Waals surface area contributed by atoms with Gasteiger partial charge in [0.1, 0.15) is 17.3 Å². The molecule has 21 heavy (non-hydrogen) atoms. The summed E-state index contributed by atoms with van der Waals surface area (Å²) in [6.07, 6.45) is 1.16. The van der Waals surface area contributed by atoms with E-state index in [0.717, 1.165) is 6.20 Å². The molecule has 0 aliphatic rings. The summed E-state index contributed by atoms with van der Waals surface area (Å²) in [5.41, 5.74) is -0.574. The molecule has 2 N–H and O–H groups in total. The number of amides is 1. The van der Waals surface area contributed by atoms with Crippen LogP contribution in [0.15, 0.2) is 36.0 Å². The van der Waals surface area contributed by atoms with Crippen LogP contribution in [0.1, 0.15) is 20.8 Å². The lowest BCUT2D eigenvalue weighted by molar-refractivity contribution is -0.383. The Labute approximate surface area is 122 Å². The summed E-state index contributed by atoms with van der Waals surface area (Å²) in [5.74, 6) is -0.545. The van der Waals surface area contributed by atoms with Crippen molar-refractivity contribution in [3.05, 3.63) is 46.2 Å². The van der Waals surface area contributed by atoms with E-state index in [1.54, 1.807) is 32.9 Å². The molecule has 1 amide bonds. The summed E-state index contributed by atoms with van der Waals surface area (Å²) < 4.78 is 0. The average molecular weight is 288 g/mol. The minimum Gasteiger partial charge on any atom is -0.355 e. The first kappa shape index (κ1) is 16.2. The lowest BCUT2D eigenvalue weighted by Gasteiger charge is -2.20. The summed E-state index contributed by atoms with van der Waals surface area (Å²) in [6, 6.07) is 7.73. The molecule has 0 aliphatic heterocycles. The van der Waals surface area contributed by atoms with E-state index in [9.17, 15) is 14.9 Å². The van der Waals surface area contributed by atoms with Crippen molar-refractivity contribution in [2.24, 2.45) is 0 Å². The Morgan fingerprint density at radius 1 is 1.38 bits per heavy atom. The third kappa shape index (κ3) is 4.95. The molecule has 0 heterocycles. The highest BCUT2D eigenvalue weighted by molar-refractivity contribution is 5.98. The second-order valence-corrected chi connectivity index (χ2v) is 5.29. The van der Waals surface area contributed by atoms with E-state index < -0.39 is 16.4 Å². The molecule has 0 bridgehead atoms. The number of nitrogens with zero attached hydrogens (tertiary/aromatic N) is 2. The fourth-order valence-electron chi connectivity index (χ4n) is 1.46. The van der Waals surface area contributed by atoms with Crippen LogP contribution in [0.3, 0.4) is 0 Å². The fourth-order valence-corrected chi connectivity index (χ4v) is 1.46. The van der Waals surface area contributed by atoms with Gasteiger partial charge in [-0.3, -0.25) is 14.9 Å². The Bertz CT molecular complexity index is 624. The number of benzene rings is 1. The standard InChI is InChI=1S/C14H16N4O3/c1-14(2,3)17-13(19)10(8-15)9-16-11-6-4-5-7-12(11)18(20)21/h4-7,9,16H,1-3H3,(H,17,19)/b10-9-. The van der Waals surface area contributed by atoms with E-state index in [-0.39, 0.29) is 16.9 Å². The number of nitrogens with one attached hydrogen (secondary N) is 2. The first-order valence-corrected chi connectivity index (χ1v) is 6.17. The number of carbonyl (C=O) groups excluding carboxylic acids is 1. The molecule has 1 aromatic rings. The molecule has 0 unspecified atom stereocenters. The monoisotopic (exact) mass is 288 g/mol. The number of hydrogen-bond acceptors (Lipinski definition) is 5. The van der Waals surface area contributed by atoms with Gasteiger partial charge in [0.15, 0.2) is 0 Å². The number of nitro groups is 1. The van der Waals surface area contributed by atoms with Crippen molar-refractivity contribution in [1.29, 1.82) is 5.26 Å². The van der Waals surface area contributed by atoms with Crippen LogP contribution in [0.4, 0.5) is 11.4 Å². The van der Waals surface area contributed by atoms with Gasteiger partial charge in [0.05, 0.1) is 4.92 Å². The number of carbonyl (C=O) groups is 1. The Morgan fingerprint density at radius 3 is 2.52 bits per heavy atom. The maximum absolute atomic E-state index is 11.9. The summed E-state index contributed by atoms with van der Waals surface area (Å²) >= 11 is 0. The van der Waals surface area contributed by atoms with Gasteiger partial charge in [-0.05, 0) is 26.8 Å². The zero-order chi connectivity index (χ0) is 16.0. The maximum atomic E-state index is 11.9.